The lowest BCUT2D eigenvalue weighted by Gasteiger charge is -2.12. The summed E-state index contributed by atoms with van der Waals surface area (Å²) in [6.07, 6.45) is 0. The van der Waals surface area contributed by atoms with Gasteiger partial charge in [-0.15, -0.1) is 0 Å². The van der Waals surface area contributed by atoms with Crippen LogP contribution in [0.1, 0.15) is 0 Å². The second-order valence-electron chi connectivity index (χ2n) is 14.3. The maximum atomic E-state index is 6.74. The number of fused-ring (bicyclic) bond motifs is 10. The Morgan fingerprint density at radius 1 is 0.368 bits per heavy atom. The highest BCUT2D eigenvalue weighted by atomic mass is 16.3. The maximum absolute atomic E-state index is 6.74. The van der Waals surface area contributed by atoms with Gasteiger partial charge < -0.3 is 13.4 Å². The first-order valence-corrected chi connectivity index (χ1v) is 19.0. The third kappa shape index (κ3) is 4.87. The highest BCUT2D eigenvalue weighted by molar-refractivity contribution is 6.25. The van der Waals surface area contributed by atoms with Crippen LogP contribution in [-0.4, -0.2) is 19.5 Å². The summed E-state index contributed by atoms with van der Waals surface area (Å²) >= 11 is 0. The summed E-state index contributed by atoms with van der Waals surface area (Å²) < 4.78 is 15.5. The first-order valence-electron chi connectivity index (χ1n) is 19.0. The highest BCUT2D eigenvalue weighted by Gasteiger charge is 2.22. The van der Waals surface area contributed by atoms with Crippen molar-refractivity contribution in [3.63, 3.8) is 0 Å². The molecule has 0 aliphatic carbocycles. The molecule has 12 aromatic rings. The lowest BCUT2D eigenvalue weighted by Crippen LogP contribution is -2.00. The van der Waals surface area contributed by atoms with Gasteiger partial charge in [0.15, 0.2) is 23.1 Å². The molecule has 0 unspecified atom stereocenters. The molecular weight excluding hydrogens is 701 g/mol. The topological polar surface area (TPSA) is 69.9 Å². The molecule has 4 heterocycles. The van der Waals surface area contributed by atoms with Gasteiger partial charge in [-0.3, -0.25) is 0 Å². The van der Waals surface area contributed by atoms with E-state index in [2.05, 4.69) is 102 Å². The van der Waals surface area contributed by atoms with E-state index in [-0.39, 0.29) is 0 Å². The van der Waals surface area contributed by atoms with Crippen molar-refractivity contribution < 1.29 is 8.83 Å². The largest absolute Gasteiger partial charge is 0.456 e. The molecular formula is C51H30N4O2. The lowest BCUT2D eigenvalue weighted by atomic mass is 9.93. The Kier molecular flexibility index (Phi) is 6.83. The molecule has 0 aliphatic heterocycles. The first-order chi connectivity index (χ1) is 28.3. The summed E-state index contributed by atoms with van der Waals surface area (Å²) in [5.74, 6) is 1.83. The van der Waals surface area contributed by atoms with Gasteiger partial charge >= 0.3 is 0 Å². The molecule has 8 aromatic carbocycles. The summed E-state index contributed by atoms with van der Waals surface area (Å²) in [5, 5.41) is 6.44. The predicted octanol–water partition coefficient (Wildman–Crippen LogP) is 13.4. The minimum atomic E-state index is 0.594. The van der Waals surface area contributed by atoms with E-state index < -0.39 is 0 Å². The van der Waals surface area contributed by atoms with Crippen LogP contribution in [0.3, 0.4) is 0 Å². The Balaban J connectivity index is 1.04. The molecule has 266 valence electrons. The number of benzene rings is 8. The number of rotatable bonds is 5. The van der Waals surface area contributed by atoms with E-state index in [0.29, 0.717) is 17.5 Å². The second kappa shape index (κ2) is 12.3. The summed E-state index contributed by atoms with van der Waals surface area (Å²) in [6.45, 7) is 0. The molecule has 0 saturated heterocycles. The Labute approximate surface area is 325 Å². The van der Waals surface area contributed by atoms with Gasteiger partial charge in [0.2, 0.25) is 0 Å². The minimum absolute atomic E-state index is 0.594. The van der Waals surface area contributed by atoms with Crippen LogP contribution in [0, 0.1) is 0 Å². The summed E-state index contributed by atoms with van der Waals surface area (Å²) in [6, 6.07) is 62.6. The van der Waals surface area contributed by atoms with Crippen LogP contribution >= 0.6 is 0 Å². The van der Waals surface area contributed by atoms with Crippen molar-refractivity contribution in [1.29, 1.82) is 0 Å². The van der Waals surface area contributed by atoms with E-state index in [1.54, 1.807) is 0 Å². The van der Waals surface area contributed by atoms with Crippen molar-refractivity contribution >= 4 is 65.7 Å². The summed E-state index contributed by atoms with van der Waals surface area (Å²) in [5.41, 5.74) is 11.6. The van der Waals surface area contributed by atoms with Gasteiger partial charge in [-0.05, 0) is 70.4 Å². The number of hydrogen-bond acceptors (Lipinski definition) is 5. The molecule has 0 N–H and O–H groups in total. The number of aromatic nitrogens is 4. The smallest absolute Gasteiger partial charge is 0.164 e. The van der Waals surface area contributed by atoms with E-state index in [4.69, 9.17) is 23.8 Å². The molecule has 0 bridgehead atoms. The quantitative estimate of drug-likeness (QED) is 0.176. The Hall–Kier alpha value is -7.83. The molecule has 12 rings (SSSR count). The molecule has 0 amide bonds. The fourth-order valence-corrected chi connectivity index (χ4v) is 8.51. The Bertz CT molecular complexity index is 3440. The normalized spacial score (nSPS) is 11.9. The van der Waals surface area contributed by atoms with Crippen molar-refractivity contribution in [2.75, 3.05) is 0 Å². The zero-order valence-corrected chi connectivity index (χ0v) is 30.4. The van der Waals surface area contributed by atoms with Crippen molar-refractivity contribution in [3.8, 4) is 51.0 Å². The first kappa shape index (κ1) is 31.5. The van der Waals surface area contributed by atoms with Crippen LogP contribution in [0.5, 0.6) is 0 Å². The molecule has 6 heteroatoms. The highest BCUT2D eigenvalue weighted by Crippen LogP contribution is 2.44. The molecule has 0 fully saturated rings. The van der Waals surface area contributed by atoms with E-state index in [1.807, 2.05) is 84.9 Å². The van der Waals surface area contributed by atoms with Crippen LogP contribution in [0.15, 0.2) is 191 Å². The van der Waals surface area contributed by atoms with Gasteiger partial charge in [0, 0.05) is 43.9 Å². The van der Waals surface area contributed by atoms with Crippen molar-refractivity contribution in [2.45, 2.75) is 0 Å². The van der Waals surface area contributed by atoms with Crippen LogP contribution in [0.2, 0.25) is 0 Å². The minimum Gasteiger partial charge on any atom is -0.456 e. The Morgan fingerprint density at radius 3 is 1.70 bits per heavy atom. The lowest BCUT2D eigenvalue weighted by molar-refractivity contribution is 0.669. The molecule has 0 saturated carbocycles. The summed E-state index contributed by atoms with van der Waals surface area (Å²) in [7, 11) is 0. The van der Waals surface area contributed by atoms with E-state index in [1.165, 1.54) is 0 Å². The monoisotopic (exact) mass is 730 g/mol. The molecule has 0 radical (unpaired) electrons. The number of nitrogens with zero attached hydrogens (tertiary/aromatic N) is 4. The van der Waals surface area contributed by atoms with Gasteiger partial charge in [-0.2, -0.15) is 0 Å². The standard InChI is InChI=1S/C51H30N4O2/c1-3-14-32(15-4-1)49-52-50(33-16-5-2-6-17-33)54-51(53-49)39-22-13-25-43-46(39)45-36-19-8-7-18-35(36)40(30-44(45)56-43)31-26-28-34(29-27-31)55-41-23-11-9-20-37(41)48-47(55)38-21-10-12-24-42(38)57-48/h1-30H. The van der Waals surface area contributed by atoms with Crippen molar-refractivity contribution in [1.82, 2.24) is 19.5 Å². The van der Waals surface area contributed by atoms with Crippen LogP contribution < -0.4 is 0 Å². The number of para-hydroxylation sites is 2. The van der Waals surface area contributed by atoms with Gasteiger partial charge in [0.1, 0.15) is 22.3 Å². The second-order valence-corrected chi connectivity index (χ2v) is 14.3. The fourth-order valence-electron chi connectivity index (χ4n) is 8.51. The van der Waals surface area contributed by atoms with Gasteiger partial charge in [0.05, 0.1) is 5.52 Å². The summed E-state index contributed by atoms with van der Waals surface area (Å²) in [4.78, 5) is 15.1. The molecule has 4 aromatic heterocycles. The van der Waals surface area contributed by atoms with Crippen LogP contribution in [0.4, 0.5) is 0 Å². The Morgan fingerprint density at radius 2 is 0.965 bits per heavy atom. The maximum Gasteiger partial charge on any atom is 0.164 e. The molecule has 0 spiro atoms. The van der Waals surface area contributed by atoms with E-state index in [9.17, 15) is 0 Å². The third-order valence-corrected chi connectivity index (χ3v) is 11.1. The zero-order chi connectivity index (χ0) is 37.5. The predicted molar refractivity (Wildman–Crippen MR) is 230 cm³/mol. The van der Waals surface area contributed by atoms with Crippen molar-refractivity contribution in [2.24, 2.45) is 0 Å². The molecule has 6 nitrogen and oxygen atoms in total. The third-order valence-electron chi connectivity index (χ3n) is 11.1. The number of hydrogen-bond donors (Lipinski definition) is 0. The number of furan rings is 2. The van der Waals surface area contributed by atoms with Gasteiger partial charge in [-0.25, -0.2) is 15.0 Å². The van der Waals surface area contributed by atoms with Crippen LogP contribution in [0.25, 0.3) is 117 Å². The van der Waals surface area contributed by atoms with E-state index in [0.717, 1.165) is 99.2 Å². The zero-order valence-electron chi connectivity index (χ0n) is 30.4. The average Bonchev–Trinajstić information content (AvgIpc) is 3.96. The van der Waals surface area contributed by atoms with Crippen LogP contribution in [-0.2, 0) is 0 Å². The fraction of sp³-hybridized carbons (Fsp3) is 0. The average molecular weight is 731 g/mol. The molecule has 57 heavy (non-hydrogen) atoms. The van der Waals surface area contributed by atoms with E-state index >= 15 is 0 Å². The van der Waals surface area contributed by atoms with Gasteiger partial charge in [0.25, 0.3) is 0 Å². The molecule has 0 atom stereocenters. The SMILES string of the molecule is c1ccc(-c2nc(-c3ccccc3)nc(-c3cccc4oc5cc(-c6ccc(-n7c8ccccc8c8oc9ccccc9c87)cc6)c6ccccc6c5c34)n2)cc1. The molecule has 0 aliphatic rings. The van der Waals surface area contributed by atoms with Gasteiger partial charge in [-0.1, -0.05) is 133 Å². The van der Waals surface area contributed by atoms with Crippen molar-refractivity contribution in [3.05, 3.63) is 182 Å².